The largest absolute Gasteiger partial charge is 0.488 e. The molecule has 46 heavy (non-hydrogen) atoms. The minimum absolute atomic E-state index is 0.0120. The van der Waals surface area contributed by atoms with Gasteiger partial charge < -0.3 is 9.47 Å². The van der Waals surface area contributed by atoms with Crippen molar-refractivity contribution in [1.29, 1.82) is 0 Å². The molecule has 0 saturated heterocycles. The highest BCUT2D eigenvalue weighted by atomic mass is 16.5. The van der Waals surface area contributed by atoms with Crippen LogP contribution in [-0.2, 0) is 5.41 Å². The monoisotopic (exact) mass is 610 g/mol. The molecule has 0 fully saturated rings. The predicted octanol–water partition coefficient (Wildman–Crippen LogP) is 9.65. The Morgan fingerprint density at radius 3 is 0.935 bits per heavy atom. The lowest BCUT2D eigenvalue weighted by Gasteiger charge is -2.21. The number of carbonyl (C=O) groups excluding carboxylic acids is 3. The Balaban J connectivity index is 1.19. The first-order chi connectivity index (χ1) is 21.8. The molecule has 0 unspecified atom stereocenters. The van der Waals surface area contributed by atoms with Crippen LogP contribution >= 0.6 is 0 Å². The molecule has 5 heteroatoms. The maximum Gasteiger partial charge on any atom is 0.193 e. The number of hydrogen-bond acceptors (Lipinski definition) is 5. The Labute approximate surface area is 270 Å². The van der Waals surface area contributed by atoms with Crippen LogP contribution < -0.4 is 9.47 Å². The summed E-state index contributed by atoms with van der Waals surface area (Å²) in [7, 11) is 0. The van der Waals surface area contributed by atoms with E-state index in [0.717, 1.165) is 5.56 Å². The predicted molar refractivity (Wildman–Crippen MR) is 182 cm³/mol. The molecule has 0 N–H and O–H groups in total. The number of rotatable bonds is 9. The second-order valence-corrected chi connectivity index (χ2v) is 13.3. The van der Waals surface area contributed by atoms with E-state index in [2.05, 4.69) is 20.8 Å². The van der Waals surface area contributed by atoms with Crippen LogP contribution in [0.15, 0.2) is 121 Å². The third kappa shape index (κ3) is 7.86. The SMILES string of the molecule is CC(C)(C)Oc1ccc(C(=O)c2ccc(Oc3ccc(C(=O)c4ccc(C(=O)c5ccc(C(C)(C)C)cc5)cc4)cc3)cc2)cc1. The molecular weight excluding hydrogens is 572 g/mol. The van der Waals surface area contributed by atoms with E-state index < -0.39 is 0 Å². The third-order valence-corrected chi connectivity index (χ3v) is 7.43. The van der Waals surface area contributed by atoms with Gasteiger partial charge >= 0.3 is 0 Å². The maximum atomic E-state index is 13.1. The first-order valence-electron chi connectivity index (χ1n) is 15.3. The Morgan fingerprint density at radius 2 is 0.652 bits per heavy atom. The molecule has 0 aliphatic carbocycles. The van der Waals surface area contributed by atoms with Crippen molar-refractivity contribution in [2.75, 3.05) is 0 Å². The molecule has 0 saturated carbocycles. The van der Waals surface area contributed by atoms with Crippen molar-refractivity contribution in [2.45, 2.75) is 52.6 Å². The van der Waals surface area contributed by atoms with Crippen LogP contribution in [-0.4, -0.2) is 23.0 Å². The van der Waals surface area contributed by atoms with Crippen LogP contribution in [0.25, 0.3) is 0 Å². The molecule has 5 aromatic carbocycles. The molecule has 0 bridgehead atoms. The molecule has 5 rings (SSSR count). The topological polar surface area (TPSA) is 69.7 Å². The summed E-state index contributed by atoms with van der Waals surface area (Å²) in [5.41, 5.74) is 4.11. The van der Waals surface area contributed by atoms with Crippen molar-refractivity contribution in [3.8, 4) is 17.2 Å². The second kappa shape index (κ2) is 13.0. The summed E-state index contributed by atoms with van der Waals surface area (Å²) in [5, 5.41) is 0. The van der Waals surface area contributed by atoms with Gasteiger partial charge in [0.05, 0.1) is 0 Å². The van der Waals surface area contributed by atoms with E-state index in [9.17, 15) is 14.4 Å². The zero-order chi connectivity index (χ0) is 33.1. The Hall–Kier alpha value is -5.29. The van der Waals surface area contributed by atoms with Gasteiger partial charge in [-0.3, -0.25) is 14.4 Å². The van der Waals surface area contributed by atoms with Crippen LogP contribution in [0.4, 0.5) is 0 Å². The van der Waals surface area contributed by atoms with E-state index in [1.807, 2.05) is 45.0 Å². The van der Waals surface area contributed by atoms with Crippen molar-refractivity contribution < 1.29 is 23.9 Å². The Bertz CT molecular complexity index is 1830. The molecule has 0 heterocycles. The highest BCUT2D eigenvalue weighted by Gasteiger charge is 2.17. The van der Waals surface area contributed by atoms with Crippen LogP contribution in [0.5, 0.6) is 17.2 Å². The molecule has 0 amide bonds. The van der Waals surface area contributed by atoms with Gasteiger partial charge in [-0.25, -0.2) is 0 Å². The van der Waals surface area contributed by atoms with E-state index in [-0.39, 0.29) is 28.4 Å². The average molecular weight is 611 g/mol. The van der Waals surface area contributed by atoms with Crippen LogP contribution in [0.3, 0.4) is 0 Å². The summed E-state index contributed by atoms with van der Waals surface area (Å²) >= 11 is 0. The molecule has 5 nitrogen and oxygen atoms in total. The van der Waals surface area contributed by atoms with Crippen molar-refractivity contribution in [2.24, 2.45) is 0 Å². The van der Waals surface area contributed by atoms with Gasteiger partial charge in [0.1, 0.15) is 22.8 Å². The van der Waals surface area contributed by atoms with Gasteiger partial charge in [-0.2, -0.15) is 0 Å². The Kier molecular flexibility index (Phi) is 9.06. The van der Waals surface area contributed by atoms with Crippen molar-refractivity contribution in [3.63, 3.8) is 0 Å². The van der Waals surface area contributed by atoms with Gasteiger partial charge in [-0.15, -0.1) is 0 Å². The Morgan fingerprint density at radius 1 is 0.391 bits per heavy atom. The summed E-state index contributed by atoms with van der Waals surface area (Å²) < 4.78 is 11.8. The van der Waals surface area contributed by atoms with E-state index in [1.165, 1.54) is 0 Å². The van der Waals surface area contributed by atoms with Gasteiger partial charge in [0.2, 0.25) is 0 Å². The zero-order valence-electron chi connectivity index (χ0n) is 27.1. The second-order valence-electron chi connectivity index (χ2n) is 13.3. The van der Waals surface area contributed by atoms with Crippen LogP contribution in [0, 0.1) is 0 Å². The lowest BCUT2D eigenvalue weighted by atomic mass is 9.86. The number of ether oxygens (including phenoxy) is 2. The van der Waals surface area contributed by atoms with Gasteiger partial charge in [0, 0.05) is 33.4 Å². The molecule has 0 radical (unpaired) electrons. The lowest BCUT2D eigenvalue weighted by molar-refractivity contribution is 0.102. The normalized spacial score (nSPS) is 11.5. The zero-order valence-corrected chi connectivity index (χ0v) is 27.1. The molecule has 0 aliphatic rings. The summed E-state index contributed by atoms with van der Waals surface area (Å²) in [6.07, 6.45) is 0. The van der Waals surface area contributed by atoms with Crippen molar-refractivity contribution in [1.82, 2.24) is 0 Å². The van der Waals surface area contributed by atoms with Crippen molar-refractivity contribution >= 4 is 17.3 Å². The molecule has 5 aromatic rings. The van der Waals surface area contributed by atoms with E-state index >= 15 is 0 Å². The summed E-state index contributed by atoms with van der Waals surface area (Å²) in [4.78, 5) is 39.1. The smallest absolute Gasteiger partial charge is 0.193 e. The van der Waals surface area contributed by atoms with Gasteiger partial charge in [-0.1, -0.05) is 69.3 Å². The number of benzene rings is 5. The highest BCUT2D eigenvalue weighted by molar-refractivity contribution is 6.12. The standard InChI is InChI=1S/C41H38O5/c1-40(2,3)33-19-11-29(12-20-33)37(42)27-7-9-28(10-8-27)38(43)30-13-21-34(22-14-30)45-35-23-15-31(16-24-35)39(44)32-17-25-36(26-18-32)46-41(4,5)6/h7-26H,1-6H3. The lowest BCUT2D eigenvalue weighted by Crippen LogP contribution is -2.22. The molecule has 0 spiro atoms. The molecule has 0 aromatic heterocycles. The van der Waals surface area contributed by atoms with Gasteiger partial charge in [0.15, 0.2) is 17.3 Å². The van der Waals surface area contributed by atoms with Gasteiger partial charge in [0.25, 0.3) is 0 Å². The number of hydrogen-bond donors (Lipinski definition) is 0. The number of carbonyl (C=O) groups is 3. The quantitative estimate of drug-likeness (QED) is 0.155. The molecule has 0 aliphatic heterocycles. The van der Waals surface area contributed by atoms with Gasteiger partial charge in [-0.05, 0) is 105 Å². The number of ketones is 3. The minimum atomic E-state index is -0.313. The van der Waals surface area contributed by atoms with E-state index in [0.29, 0.717) is 50.6 Å². The molecule has 232 valence electrons. The van der Waals surface area contributed by atoms with E-state index in [1.54, 1.807) is 97.1 Å². The summed E-state index contributed by atoms with van der Waals surface area (Å²) in [6, 6.07) is 35.3. The first kappa shape index (κ1) is 32.1. The fraction of sp³-hybridized carbons (Fsp3) is 0.195. The maximum absolute atomic E-state index is 13.1. The van der Waals surface area contributed by atoms with Crippen LogP contribution in [0.2, 0.25) is 0 Å². The summed E-state index contributed by atoms with van der Waals surface area (Å²) in [5.74, 6) is 1.51. The first-order valence-corrected chi connectivity index (χ1v) is 15.3. The third-order valence-electron chi connectivity index (χ3n) is 7.43. The highest BCUT2D eigenvalue weighted by Crippen LogP contribution is 2.26. The minimum Gasteiger partial charge on any atom is -0.488 e. The van der Waals surface area contributed by atoms with Crippen LogP contribution in [0.1, 0.15) is 94.9 Å². The fourth-order valence-corrected chi connectivity index (χ4v) is 4.91. The average Bonchev–Trinajstić information content (AvgIpc) is 3.04. The van der Waals surface area contributed by atoms with Crippen molar-refractivity contribution in [3.05, 3.63) is 160 Å². The molecular formula is C41H38O5. The fourth-order valence-electron chi connectivity index (χ4n) is 4.91. The molecule has 0 atom stereocenters. The summed E-state index contributed by atoms with van der Waals surface area (Å²) in [6.45, 7) is 12.3. The van der Waals surface area contributed by atoms with E-state index in [4.69, 9.17) is 9.47 Å².